The highest BCUT2D eigenvalue weighted by atomic mass is 32.1. The number of furan rings is 1. The van der Waals surface area contributed by atoms with Crippen molar-refractivity contribution in [2.45, 2.75) is 6.61 Å². The van der Waals surface area contributed by atoms with Gasteiger partial charge in [-0.25, -0.2) is 9.78 Å². The van der Waals surface area contributed by atoms with E-state index in [1.807, 2.05) is 11.4 Å². The van der Waals surface area contributed by atoms with Gasteiger partial charge in [-0.1, -0.05) is 0 Å². The van der Waals surface area contributed by atoms with E-state index in [9.17, 15) is 4.79 Å². The van der Waals surface area contributed by atoms with Gasteiger partial charge in [0.15, 0.2) is 0 Å². The van der Waals surface area contributed by atoms with E-state index in [4.69, 9.17) is 9.15 Å². The van der Waals surface area contributed by atoms with Gasteiger partial charge in [0, 0.05) is 10.9 Å². The van der Waals surface area contributed by atoms with Crippen molar-refractivity contribution in [3.05, 3.63) is 59.5 Å². The number of rotatable bonds is 5. The summed E-state index contributed by atoms with van der Waals surface area (Å²) in [6, 6.07) is 8.67. The van der Waals surface area contributed by atoms with Crippen LogP contribution in [0.4, 0.5) is 0 Å². The van der Waals surface area contributed by atoms with E-state index in [2.05, 4.69) is 9.72 Å². The molecule has 0 spiro atoms. The summed E-state index contributed by atoms with van der Waals surface area (Å²) in [5.41, 5.74) is 2.29. The topological polar surface area (TPSA) is 61.6 Å². The maximum absolute atomic E-state index is 11.3. The molecule has 2 aromatic heterocycles. The van der Waals surface area contributed by atoms with Crippen molar-refractivity contribution in [2.75, 3.05) is 7.11 Å². The normalized spacial score (nSPS) is 10.4. The summed E-state index contributed by atoms with van der Waals surface area (Å²) in [5, 5.41) is 2.85. The lowest BCUT2D eigenvalue weighted by atomic mass is 10.2. The summed E-state index contributed by atoms with van der Waals surface area (Å²) in [6.45, 7) is 0.367. The number of esters is 1. The smallest absolute Gasteiger partial charge is 0.337 e. The largest absolute Gasteiger partial charge is 0.487 e. The van der Waals surface area contributed by atoms with E-state index in [1.165, 1.54) is 18.4 Å². The lowest BCUT2D eigenvalue weighted by Gasteiger charge is -2.05. The lowest BCUT2D eigenvalue weighted by molar-refractivity contribution is 0.0600. The molecule has 0 aliphatic heterocycles. The lowest BCUT2D eigenvalue weighted by Crippen LogP contribution is -2.01. The fraction of sp³-hybridized carbons (Fsp3) is 0.125. The van der Waals surface area contributed by atoms with Crippen molar-refractivity contribution in [1.82, 2.24) is 4.98 Å². The second-order valence-corrected chi connectivity index (χ2v) is 5.32. The van der Waals surface area contributed by atoms with Crippen LogP contribution >= 0.6 is 11.3 Å². The molecule has 5 nitrogen and oxygen atoms in total. The summed E-state index contributed by atoms with van der Waals surface area (Å²) >= 11 is 1.54. The molecule has 0 unspecified atom stereocenters. The van der Waals surface area contributed by atoms with Gasteiger partial charge in [-0.3, -0.25) is 0 Å². The van der Waals surface area contributed by atoms with E-state index in [0.717, 1.165) is 16.3 Å². The molecule has 0 saturated carbocycles. The highest BCUT2D eigenvalue weighted by Crippen LogP contribution is 2.24. The van der Waals surface area contributed by atoms with Crippen LogP contribution in [0.2, 0.25) is 0 Å². The van der Waals surface area contributed by atoms with E-state index in [0.29, 0.717) is 17.9 Å². The number of aromatic nitrogens is 1. The Bertz CT molecular complexity index is 747. The van der Waals surface area contributed by atoms with Crippen LogP contribution < -0.4 is 4.74 Å². The Balaban J connectivity index is 1.62. The quantitative estimate of drug-likeness (QED) is 0.671. The van der Waals surface area contributed by atoms with Gasteiger partial charge in [0.1, 0.15) is 23.6 Å². The van der Waals surface area contributed by atoms with Crippen molar-refractivity contribution >= 4 is 17.3 Å². The Morgan fingerprint density at radius 3 is 2.77 bits per heavy atom. The third-order valence-electron chi connectivity index (χ3n) is 2.98. The van der Waals surface area contributed by atoms with E-state index in [1.54, 1.807) is 36.8 Å². The second kappa shape index (κ2) is 6.44. The molecule has 6 heteroatoms. The predicted molar refractivity (Wildman–Crippen MR) is 81.9 cm³/mol. The predicted octanol–water partition coefficient (Wildman–Crippen LogP) is 3.77. The molecule has 0 bridgehead atoms. The van der Waals surface area contributed by atoms with E-state index < -0.39 is 0 Å². The van der Waals surface area contributed by atoms with Crippen LogP contribution in [-0.4, -0.2) is 18.1 Å². The number of carbonyl (C=O) groups excluding carboxylic acids is 1. The SMILES string of the molecule is COC(=O)c1ccc(OCc2csc(-c3ccoc3)n2)cc1. The van der Waals surface area contributed by atoms with Crippen LogP contribution in [-0.2, 0) is 11.3 Å². The average Bonchev–Trinajstić information content (AvgIpc) is 3.23. The highest BCUT2D eigenvalue weighted by Gasteiger charge is 2.07. The number of carbonyl (C=O) groups is 1. The molecule has 0 saturated heterocycles. The summed E-state index contributed by atoms with van der Waals surface area (Å²) in [7, 11) is 1.35. The Morgan fingerprint density at radius 2 is 2.09 bits per heavy atom. The molecule has 1 aromatic carbocycles. The maximum atomic E-state index is 11.3. The number of ether oxygens (including phenoxy) is 2. The van der Waals surface area contributed by atoms with Crippen molar-refractivity contribution in [3.8, 4) is 16.3 Å². The summed E-state index contributed by atoms with van der Waals surface area (Å²) < 4.78 is 15.4. The van der Waals surface area contributed by atoms with Crippen molar-refractivity contribution < 1.29 is 18.7 Å². The van der Waals surface area contributed by atoms with Crippen LogP contribution in [0.1, 0.15) is 16.1 Å². The van der Waals surface area contributed by atoms with Gasteiger partial charge in [-0.05, 0) is 30.3 Å². The summed E-state index contributed by atoms with van der Waals surface area (Å²) in [4.78, 5) is 15.8. The Hall–Kier alpha value is -2.60. The molecule has 3 rings (SSSR count). The number of thiazole rings is 1. The third-order valence-corrected chi connectivity index (χ3v) is 3.92. The molecule has 0 radical (unpaired) electrons. The van der Waals surface area contributed by atoms with Gasteiger partial charge >= 0.3 is 5.97 Å². The first kappa shape index (κ1) is 14.3. The molecule has 0 atom stereocenters. The van der Waals surface area contributed by atoms with Gasteiger partial charge in [0.2, 0.25) is 0 Å². The number of hydrogen-bond acceptors (Lipinski definition) is 6. The zero-order chi connectivity index (χ0) is 15.4. The number of hydrogen-bond donors (Lipinski definition) is 0. The van der Waals surface area contributed by atoms with Gasteiger partial charge in [0.05, 0.1) is 24.6 Å². The monoisotopic (exact) mass is 315 g/mol. The molecule has 22 heavy (non-hydrogen) atoms. The van der Waals surface area contributed by atoms with Crippen molar-refractivity contribution in [2.24, 2.45) is 0 Å². The zero-order valence-electron chi connectivity index (χ0n) is 11.8. The molecule has 0 aliphatic carbocycles. The third kappa shape index (κ3) is 3.17. The fourth-order valence-corrected chi connectivity index (χ4v) is 2.64. The molecule has 2 heterocycles. The minimum absolute atomic E-state index is 0.365. The molecular weight excluding hydrogens is 302 g/mol. The second-order valence-electron chi connectivity index (χ2n) is 4.46. The molecule has 0 amide bonds. The van der Waals surface area contributed by atoms with Crippen LogP contribution in [0.15, 0.2) is 52.7 Å². The van der Waals surface area contributed by atoms with Crippen LogP contribution in [0.25, 0.3) is 10.6 Å². The number of benzene rings is 1. The minimum Gasteiger partial charge on any atom is -0.487 e. The number of methoxy groups -OCH3 is 1. The molecule has 112 valence electrons. The average molecular weight is 315 g/mol. The highest BCUT2D eigenvalue weighted by molar-refractivity contribution is 7.13. The Kier molecular flexibility index (Phi) is 4.20. The molecule has 0 N–H and O–H groups in total. The first-order valence-corrected chi connectivity index (χ1v) is 7.42. The van der Waals surface area contributed by atoms with E-state index >= 15 is 0 Å². The summed E-state index contributed by atoms with van der Waals surface area (Å²) in [5.74, 6) is 0.307. The van der Waals surface area contributed by atoms with Gasteiger partial charge in [-0.15, -0.1) is 11.3 Å². The molecule has 3 aromatic rings. The standard InChI is InChI=1S/C16H13NO4S/c1-19-16(18)11-2-4-14(5-3-11)21-9-13-10-22-15(17-13)12-6-7-20-8-12/h2-8,10H,9H2,1H3. The fourth-order valence-electron chi connectivity index (χ4n) is 1.85. The number of nitrogens with zero attached hydrogens (tertiary/aromatic N) is 1. The van der Waals surface area contributed by atoms with Gasteiger partial charge in [-0.2, -0.15) is 0 Å². The van der Waals surface area contributed by atoms with E-state index in [-0.39, 0.29) is 5.97 Å². The van der Waals surface area contributed by atoms with Crippen LogP contribution in [0, 0.1) is 0 Å². The van der Waals surface area contributed by atoms with Crippen LogP contribution in [0.3, 0.4) is 0 Å². The first-order valence-electron chi connectivity index (χ1n) is 6.54. The minimum atomic E-state index is -0.365. The maximum Gasteiger partial charge on any atom is 0.337 e. The zero-order valence-corrected chi connectivity index (χ0v) is 12.6. The van der Waals surface area contributed by atoms with Crippen molar-refractivity contribution in [3.63, 3.8) is 0 Å². The Labute approximate surface area is 131 Å². The molecule has 0 aliphatic rings. The van der Waals surface area contributed by atoms with Crippen molar-refractivity contribution in [1.29, 1.82) is 0 Å². The van der Waals surface area contributed by atoms with Gasteiger partial charge < -0.3 is 13.9 Å². The summed E-state index contributed by atoms with van der Waals surface area (Å²) in [6.07, 6.45) is 3.28. The molecular formula is C16H13NO4S. The Morgan fingerprint density at radius 1 is 1.27 bits per heavy atom. The van der Waals surface area contributed by atoms with Gasteiger partial charge in [0.25, 0.3) is 0 Å². The molecule has 0 fully saturated rings. The first-order chi connectivity index (χ1) is 10.8. The van der Waals surface area contributed by atoms with Crippen LogP contribution in [0.5, 0.6) is 5.75 Å².